The normalized spacial score (nSPS) is 11.4. The monoisotopic (exact) mass is 434 g/mol. The van der Waals surface area contributed by atoms with Gasteiger partial charge in [0, 0.05) is 11.3 Å². The number of aryl methyl sites for hydroxylation is 2. The SMILES string of the molecule is Cc1ccc(S(=O)(=O)Nc2ccc(C(=O)NCc3nc4ccccc4[nH]3)cc2)cc1C. The molecule has 0 spiro atoms. The Labute approximate surface area is 180 Å². The van der Waals surface area contributed by atoms with Gasteiger partial charge in [-0.2, -0.15) is 0 Å². The van der Waals surface area contributed by atoms with E-state index in [2.05, 4.69) is 20.0 Å². The maximum atomic E-state index is 12.6. The number of nitrogens with zero attached hydrogens (tertiary/aromatic N) is 1. The molecule has 1 aromatic heterocycles. The van der Waals surface area contributed by atoms with Gasteiger partial charge >= 0.3 is 0 Å². The zero-order chi connectivity index (χ0) is 22.0. The van der Waals surface area contributed by atoms with Crippen molar-refractivity contribution in [1.29, 1.82) is 0 Å². The van der Waals surface area contributed by atoms with Gasteiger partial charge in [-0.05, 0) is 73.5 Å². The fourth-order valence-corrected chi connectivity index (χ4v) is 4.28. The number of fused-ring (bicyclic) bond motifs is 1. The second-order valence-corrected chi connectivity index (χ2v) is 8.99. The van der Waals surface area contributed by atoms with E-state index < -0.39 is 10.0 Å². The van der Waals surface area contributed by atoms with Crippen LogP contribution in [-0.4, -0.2) is 24.3 Å². The van der Waals surface area contributed by atoms with Gasteiger partial charge in [0.2, 0.25) is 0 Å². The molecule has 0 radical (unpaired) electrons. The molecule has 158 valence electrons. The van der Waals surface area contributed by atoms with Crippen LogP contribution in [0.25, 0.3) is 11.0 Å². The number of imidazole rings is 1. The predicted molar refractivity (Wildman–Crippen MR) is 120 cm³/mol. The lowest BCUT2D eigenvalue weighted by Crippen LogP contribution is -2.23. The van der Waals surface area contributed by atoms with E-state index in [9.17, 15) is 13.2 Å². The van der Waals surface area contributed by atoms with E-state index in [0.717, 1.165) is 22.2 Å². The molecule has 0 saturated carbocycles. The van der Waals surface area contributed by atoms with Gasteiger partial charge < -0.3 is 10.3 Å². The van der Waals surface area contributed by atoms with Crippen LogP contribution >= 0.6 is 0 Å². The number of hydrogen-bond acceptors (Lipinski definition) is 4. The van der Waals surface area contributed by atoms with Gasteiger partial charge in [0.15, 0.2) is 0 Å². The number of anilines is 1. The first kappa shape index (κ1) is 20.6. The van der Waals surface area contributed by atoms with E-state index in [0.29, 0.717) is 17.1 Å². The molecule has 0 atom stereocenters. The standard InChI is InChI=1S/C23H22N4O3S/c1-15-7-12-19(13-16(15)2)31(29,30)27-18-10-8-17(9-11-18)23(28)24-14-22-25-20-5-3-4-6-21(20)26-22/h3-13,27H,14H2,1-2H3,(H,24,28)(H,25,26). The number of carbonyl (C=O) groups is 1. The van der Waals surface area contributed by atoms with E-state index in [1.807, 2.05) is 38.1 Å². The van der Waals surface area contributed by atoms with Crippen LogP contribution in [0.5, 0.6) is 0 Å². The molecule has 0 aliphatic carbocycles. The third kappa shape index (κ3) is 4.59. The highest BCUT2D eigenvalue weighted by molar-refractivity contribution is 7.92. The molecule has 8 heteroatoms. The van der Waals surface area contributed by atoms with Crippen molar-refractivity contribution in [3.8, 4) is 0 Å². The molecule has 0 aliphatic heterocycles. The highest BCUT2D eigenvalue weighted by Gasteiger charge is 2.15. The zero-order valence-electron chi connectivity index (χ0n) is 17.1. The molecule has 0 fully saturated rings. The number of H-pyrrole nitrogens is 1. The van der Waals surface area contributed by atoms with E-state index in [-0.39, 0.29) is 17.3 Å². The number of benzene rings is 3. The minimum absolute atomic E-state index is 0.197. The Morgan fingerprint density at radius 3 is 2.42 bits per heavy atom. The van der Waals surface area contributed by atoms with Gasteiger partial charge in [0.05, 0.1) is 22.5 Å². The second-order valence-electron chi connectivity index (χ2n) is 7.31. The molecule has 0 saturated heterocycles. The molecular formula is C23H22N4O3S. The van der Waals surface area contributed by atoms with Crippen LogP contribution in [0.15, 0.2) is 71.6 Å². The average molecular weight is 435 g/mol. The number of rotatable bonds is 6. The van der Waals surface area contributed by atoms with Gasteiger partial charge in [-0.1, -0.05) is 18.2 Å². The Bertz CT molecular complexity index is 1330. The Morgan fingerprint density at radius 2 is 1.71 bits per heavy atom. The van der Waals surface area contributed by atoms with Crippen molar-refractivity contribution < 1.29 is 13.2 Å². The highest BCUT2D eigenvalue weighted by atomic mass is 32.2. The Kier molecular flexibility index (Phi) is 5.48. The molecule has 31 heavy (non-hydrogen) atoms. The molecule has 0 aliphatic rings. The van der Waals surface area contributed by atoms with Crippen LogP contribution in [0.3, 0.4) is 0 Å². The van der Waals surface area contributed by atoms with E-state index >= 15 is 0 Å². The number of nitrogens with one attached hydrogen (secondary N) is 3. The molecular weight excluding hydrogens is 412 g/mol. The van der Waals surface area contributed by atoms with Crippen LogP contribution in [0.2, 0.25) is 0 Å². The van der Waals surface area contributed by atoms with Crippen molar-refractivity contribution in [2.24, 2.45) is 0 Å². The van der Waals surface area contributed by atoms with Crippen LogP contribution in [-0.2, 0) is 16.6 Å². The van der Waals surface area contributed by atoms with Crippen molar-refractivity contribution in [1.82, 2.24) is 15.3 Å². The van der Waals surface area contributed by atoms with E-state index in [1.165, 1.54) is 0 Å². The first-order valence-corrected chi connectivity index (χ1v) is 11.2. The summed E-state index contributed by atoms with van der Waals surface area (Å²) in [4.78, 5) is 20.2. The summed E-state index contributed by atoms with van der Waals surface area (Å²) in [6.07, 6.45) is 0. The molecule has 3 N–H and O–H groups in total. The summed E-state index contributed by atoms with van der Waals surface area (Å²) in [5.41, 5.74) is 4.48. The highest BCUT2D eigenvalue weighted by Crippen LogP contribution is 2.19. The van der Waals surface area contributed by atoms with Crippen LogP contribution in [0.1, 0.15) is 27.3 Å². The molecule has 4 rings (SSSR count). The summed E-state index contributed by atoms with van der Waals surface area (Å²) in [6.45, 7) is 4.05. The molecule has 0 unspecified atom stereocenters. The van der Waals surface area contributed by atoms with Crippen molar-refractivity contribution >= 4 is 32.7 Å². The number of carbonyl (C=O) groups excluding carboxylic acids is 1. The van der Waals surface area contributed by atoms with Crippen LogP contribution < -0.4 is 10.0 Å². The fourth-order valence-electron chi connectivity index (χ4n) is 3.14. The number of para-hydroxylation sites is 2. The largest absolute Gasteiger partial charge is 0.345 e. The summed E-state index contributed by atoms with van der Waals surface area (Å²) in [6, 6.07) is 18.9. The topological polar surface area (TPSA) is 104 Å². The lowest BCUT2D eigenvalue weighted by atomic mass is 10.1. The number of hydrogen-bond donors (Lipinski definition) is 3. The molecule has 0 bridgehead atoms. The summed E-state index contributed by atoms with van der Waals surface area (Å²) >= 11 is 0. The maximum absolute atomic E-state index is 12.6. The minimum Gasteiger partial charge on any atom is -0.345 e. The van der Waals surface area contributed by atoms with Gasteiger partial charge in [-0.25, -0.2) is 13.4 Å². The van der Waals surface area contributed by atoms with Crippen molar-refractivity contribution in [3.63, 3.8) is 0 Å². The maximum Gasteiger partial charge on any atom is 0.261 e. The molecule has 3 aromatic carbocycles. The lowest BCUT2D eigenvalue weighted by Gasteiger charge is -2.10. The molecule has 4 aromatic rings. The van der Waals surface area contributed by atoms with Gasteiger partial charge in [0.1, 0.15) is 5.82 Å². The minimum atomic E-state index is -3.71. The van der Waals surface area contributed by atoms with Crippen molar-refractivity contribution in [3.05, 3.63) is 89.2 Å². The Balaban J connectivity index is 1.41. The smallest absolute Gasteiger partial charge is 0.261 e. The number of amides is 1. The van der Waals surface area contributed by atoms with Crippen molar-refractivity contribution in [2.75, 3.05) is 4.72 Å². The number of sulfonamides is 1. The quantitative estimate of drug-likeness (QED) is 0.428. The first-order chi connectivity index (χ1) is 14.8. The van der Waals surface area contributed by atoms with Gasteiger partial charge in [-0.15, -0.1) is 0 Å². The molecule has 1 amide bonds. The fraction of sp³-hybridized carbons (Fsp3) is 0.130. The Morgan fingerprint density at radius 1 is 0.968 bits per heavy atom. The third-order valence-corrected chi connectivity index (χ3v) is 6.42. The lowest BCUT2D eigenvalue weighted by molar-refractivity contribution is 0.0950. The molecule has 7 nitrogen and oxygen atoms in total. The van der Waals surface area contributed by atoms with Gasteiger partial charge in [0.25, 0.3) is 15.9 Å². The Hall–Kier alpha value is -3.65. The predicted octanol–water partition coefficient (Wildman–Crippen LogP) is 3.91. The van der Waals surface area contributed by atoms with Gasteiger partial charge in [-0.3, -0.25) is 9.52 Å². The first-order valence-electron chi connectivity index (χ1n) is 9.74. The zero-order valence-corrected chi connectivity index (χ0v) is 18.0. The molecule has 1 heterocycles. The summed E-state index contributed by atoms with van der Waals surface area (Å²) in [5, 5.41) is 2.81. The second kappa shape index (κ2) is 8.23. The van der Waals surface area contributed by atoms with E-state index in [4.69, 9.17) is 0 Å². The summed E-state index contributed by atoms with van der Waals surface area (Å²) in [5.74, 6) is 0.386. The average Bonchev–Trinajstić information content (AvgIpc) is 3.17. The number of aromatic amines is 1. The summed E-state index contributed by atoms with van der Waals surface area (Å²) < 4.78 is 27.8. The summed E-state index contributed by atoms with van der Waals surface area (Å²) in [7, 11) is -3.71. The van der Waals surface area contributed by atoms with Crippen LogP contribution in [0, 0.1) is 13.8 Å². The number of aromatic nitrogens is 2. The van der Waals surface area contributed by atoms with E-state index in [1.54, 1.807) is 42.5 Å². The third-order valence-electron chi connectivity index (χ3n) is 5.04. The van der Waals surface area contributed by atoms with Crippen LogP contribution in [0.4, 0.5) is 5.69 Å². The van der Waals surface area contributed by atoms with Crippen molar-refractivity contribution in [2.45, 2.75) is 25.3 Å².